The number of ether oxygens (including phenoxy) is 2. The zero-order chi connectivity index (χ0) is 18.4. The minimum absolute atomic E-state index is 0.00576. The largest absolute Gasteiger partial charge is 0.493 e. The van der Waals surface area contributed by atoms with Crippen LogP contribution >= 0.6 is 0 Å². The summed E-state index contributed by atoms with van der Waals surface area (Å²) >= 11 is 0. The van der Waals surface area contributed by atoms with Crippen LogP contribution in [0.4, 0.5) is 0 Å². The molecule has 26 heavy (non-hydrogen) atoms. The van der Waals surface area contributed by atoms with E-state index in [4.69, 9.17) is 9.47 Å². The van der Waals surface area contributed by atoms with Crippen molar-refractivity contribution in [1.82, 2.24) is 0 Å². The number of ketones is 1. The molecule has 0 unspecified atom stereocenters. The van der Waals surface area contributed by atoms with E-state index < -0.39 is 0 Å². The Hall–Kier alpha value is -2.80. The summed E-state index contributed by atoms with van der Waals surface area (Å²) in [6.45, 7) is 0.375. The molecule has 2 aromatic rings. The van der Waals surface area contributed by atoms with Gasteiger partial charge in [0.25, 0.3) is 0 Å². The molecule has 0 saturated heterocycles. The highest BCUT2D eigenvalue weighted by atomic mass is 16.5. The molecule has 0 bridgehead atoms. The topological polar surface area (TPSA) is 59.3 Å². The Morgan fingerprint density at radius 3 is 2.50 bits per heavy atom. The van der Waals surface area contributed by atoms with E-state index in [1.54, 1.807) is 12.1 Å². The highest BCUT2D eigenvalue weighted by Gasteiger charge is 2.26. The Kier molecular flexibility index (Phi) is 5.91. The van der Waals surface area contributed by atoms with Gasteiger partial charge in [0.1, 0.15) is 12.7 Å². The summed E-state index contributed by atoms with van der Waals surface area (Å²) in [6.07, 6.45) is 5.13. The molecule has 134 valence electrons. The molecule has 3 rings (SSSR count). The average molecular weight is 349 g/mol. The fourth-order valence-corrected chi connectivity index (χ4v) is 3.45. The van der Waals surface area contributed by atoms with Crippen LogP contribution in [0.15, 0.2) is 42.5 Å². The predicted octanol–water partition coefficient (Wildman–Crippen LogP) is 4.91. The molecule has 0 radical (unpaired) electrons. The Bertz CT molecular complexity index is 802. The quantitative estimate of drug-likeness (QED) is 0.695. The van der Waals surface area contributed by atoms with Crippen molar-refractivity contribution in [3.05, 3.63) is 59.2 Å². The van der Waals surface area contributed by atoms with E-state index in [2.05, 4.69) is 6.07 Å². The molecular weight excluding hydrogens is 326 g/mol. The molecule has 0 amide bonds. The summed E-state index contributed by atoms with van der Waals surface area (Å²) in [5.74, 6) is 1.02. The molecule has 4 heteroatoms. The van der Waals surface area contributed by atoms with Crippen molar-refractivity contribution in [3.8, 4) is 17.6 Å². The van der Waals surface area contributed by atoms with E-state index in [-0.39, 0.29) is 11.7 Å². The third kappa shape index (κ3) is 4.05. The van der Waals surface area contributed by atoms with Gasteiger partial charge in [0.05, 0.1) is 12.7 Å². The van der Waals surface area contributed by atoms with Crippen LogP contribution < -0.4 is 9.47 Å². The molecule has 1 aliphatic carbocycles. The standard InChI is InChI=1S/C22H23NO3/c1-25-20-12-18(14-23)19(22(24)17-10-6-3-7-11-17)13-21(20)26-15-16-8-4-2-5-9-16/h2,4-5,8-9,12-13,17H,3,6-7,10-11,15H2,1H3. The van der Waals surface area contributed by atoms with Gasteiger partial charge in [-0.2, -0.15) is 5.26 Å². The molecule has 1 saturated carbocycles. The van der Waals surface area contributed by atoms with Gasteiger partial charge in [-0.25, -0.2) is 0 Å². The maximum atomic E-state index is 13.0. The van der Waals surface area contributed by atoms with Crippen LogP contribution in [0.2, 0.25) is 0 Å². The van der Waals surface area contributed by atoms with Crippen LogP contribution in [0.3, 0.4) is 0 Å². The lowest BCUT2D eigenvalue weighted by atomic mass is 9.83. The van der Waals surface area contributed by atoms with Gasteiger partial charge in [-0.1, -0.05) is 49.6 Å². The van der Waals surface area contributed by atoms with E-state index in [9.17, 15) is 10.1 Å². The summed E-state index contributed by atoms with van der Waals surface area (Å²) in [5.41, 5.74) is 1.83. The molecule has 0 aromatic heterocycles. The second-order valence-corrected chi connectivity index (χ2v) is 6.63. The van der Waals surface area contributed by atoms with Gasteiger partial charge in [0.15, 0.2) is 17.3 Å². The number of benzene rings is 2. The zero-order valence-electron chi connectivity index (χ0n) is 15.0. The zero-order valence-corrected chi connectivity index (χ0v) is 15.0. The van der Waals surface area contributed by atoms with Crippen molar-refractivity contribution < 1.29 is 14.3 Å². The number of hydrogen-bond donors (Lipinski definition) is 0. The molecule has 1 aliphatic rings. The van der Waals surface area contributed by atoms with Gasteiger partial charge in [0.2, 0.25) is 0 Å². The van der Waals surface area contributed by atoms with Crippen LogP contribution in [0.1, 0.15) is 53.6 Å². The van der Waals surface area contributed by atoms with E-state index >= 15 is 0 Å². The summed E-state index contributed by atoms with van der Waals surface area (Å²) in [5, 5.41) is 9.49. The molecule has 0 atom stereocenters. The minimum Gasteiger partial charge on any atom is -0.493 e. The van der Waals surface area contributed by atoms with Gasteiger partial charge in [-0.05, 0) is 24.5 Å². The Morgan fingerprint density at radius 2 is 1.85 bits per heavy atom. The lowest BCUT2D eigenvalue weighted by molar-refractivity contribution is 0.0888. The third-order valence-corrected chi connectivity index (χ3v) is 4.90. The average Bonchev–Trinajstić information content (AvgIpc) is 2.72. The van der Waals surface area contributed by atoms with Gasteiger partial charge in [0, 0.05) is 17.5 Å². The fraction of sp³-hybridized carbons (Fsp3) is 0.364. The Balaban J connectivity index is 1.88. The Labute approximate surface area is 154 Å². The van der Waals surface area contributed by atoms with E-state index in [0.29, 0.717) is 29.2 Å². The summed E-state index contributed by atoms with van der Waals surface area (Å²) in [6, 6.07) is 15.2. The second kappa shape index (κ2) is 8.53. The molecule has 0 heterocycles. The SMILES string of the molecule is COc1cc(C#N)c(C(=O)C2CCCCC2)cc1OCc1ccccc1. The molecule has 0 spiro atoms. The van der Waals surface area contributed by atoms with E-state index in [1.807, 2.05) is 30.3 Å². The molecule has 4 nitrogen and oxygen atoms in total. The van der Waals surface area contributed by atoms with Crippen molar-refractivity contribution in [2.24, 2.45) is 5.92 Å². The van der Waals surface area contributed by atoms with Gasteiger partial charge in [-0.15, -0.1) is 0 Å². The van der Waals surface area contributed by atoms with E-state index in [1.165, 1.54) is 13.5 Å². The number of methoxy groups -OCH3 is 1. The van der Waals surface area contributed by atoms with Crippen LogP contribution in [-0.4, -0.2) is 12.9 Å². The summed E-state index contributed by atoms with van der Waals surface area (Å²) in [4.78, 5) is 13.0. The van der Waals surface area contributed by atoms with Crippen molar-refractivity contribution in [3.63, 3.8) is 0 Å². The summed E-state index contributed by atoms with van der Waals surface area (Å²) in [7, 11) is 1.54. The molecule has 1 fully saturated rings. The fourth-order valence-electron chi connectivity index (χ4n) is 3.45. The number of Topliss-reactive ketones (excluding diaryl/α,β-unsaturated/α-hetero) is 1. The lowest BCUT2D eigenvalue weighted by Crippen LogP contribution is -2.19. The monoisotopic (exact) mass is 349 g/mol. The number of carbonyl (C=O) groups excluding carboxylic acids is 1. The first-order chi connectivity index (χ1) is 12.7. The number of carbonyl (C=O) groups is 1. The van der Waals surface area contributed by atoms with Crippen molar-refractivity contribution in [2.75, 3.05) is 7.11 Å². The van der Waals surface area contributed by atoms with E-state index in [0.717, 1.165) is 31.2 Å². The van der Waals surface area contributed by atoms with Crippen LogP contribution in [0.25, 0.3) is 0 Å². The predicted molar refractivity (Wildman–Crippen MR) is 99.4 cm³/mol. The smallest absolute Gasteiger partial charge is 0.167 e. The van der Waals surface area contributed by atoms with Crippen LogP contribution in [-0.2, 0) is 6.61 Å². The summed E-state index contributed by atoms with van der Waals surface area (Å²) < 4.78 is 11.3. The highest BCUT2D eigenvalue weighted by Crippen LogP contribution is 2.34. The maximum absolute atomic E-state index is 13.0. The number of rotatable bonds is 6. The van der Waals surface area contributed by atoms with Crippen molar-refractivity contribution in [2.45, 2.75) is 38.7 Å². The highest BCUT2D eigenvalue weighted by molar-refractivity contribution is 6.00. The van der Waals surface area contributed by atoms with Gasteiger partial charge < -0.3 is 9.47 Å². The van der Waals surface area contributed by atoms with Gasteiger partial charge in [-0.3, -0.25) is 4.79 Å². The van der Waals surface area contributed by atoms with Crippen LogP contribution in [0, 0.1) is 17.2 Å². The van der Waals surface area contributed by atoms with Gasteiger partial charge >= 0.3 is 0 Å². The molecule has 0 aliphatic heterocycles. The number of hydrogen-bond acceptors (Lipinski definition) is 4. The first kappa shape index (κ1) is 18.0. The van der Waals surface area contributed by atoms with Crippen LogP contribution in [0.5, 0.6) is 11.5 Å². The van der Waals surface area contributed by atoms with Crippen molar-refractivity contribution >= 4 is 5.78 Å². The first-order valence-corrected chi connectivity index (χ1v) is 9.06. The maximum Gasteiger partial charge on any atom is 0.167 e. The molecule has 2 aromatic carbocycles. The Morgan fingerprint density at radius 1 is 1.12 bits per heavy atom. The molecule has 0 N–H and O–H groups in total. The normalized spacial score (nSPS) is 14.5. The minimum atomic E-state index is 0.00576. The second-order valence-electron chi connectivity index (χ2n) is 6.63. The first-order valence-electron chi connectivity index (χ1n) is 9.06. The number of nitrogens with zero attached hydrogens (tertiary/aromatic N) is 1. The lowest BCUT2D eigenvalue weighted by Gasteiger charge is -2.21. The third-order valence-electron chi connectivity index (χ3n) is 4.90. The number of nitriles is 1. The molecular formula is C22H23NO3. The van der Waals surface area contributed by atoms with Crippen molar-refractivity contribution in [1.29, 1.82) is 5.26 Å².